The van der Waals surface area contributed by atoms with Gasteiger partial charge in [0.1, 0.15) is 10.6 Å². The number of benzene rings is 1. The van der Waals surface area contributed by atoms with Gasteiger partial charge < -0.3 is 9.47 Å². The topological polar surface area (TPSA) is 69.7 Å². The molecule has 0 heterocycles. The molecule has 6 heteroatoms. The highest BCUT2D eigenvalue weighted by atomic mass is 32.2. The average Bonchev–Trinajstić information content (AvgIpc) is 2.47. The van der Waals surface area contributed by atoms with Gasteiger partial charge in [0.15, 0.2) is 9.84 Å². The van der Waals surface area contributed by atoms with Crippen molar-refractivity contribution in [1.29, 1.82) is 0 Å². The van der Waals surface area contributed by atoms with Gasteiger partial charge in [-0.3, -0.25) is 4.79 Å². The lowest BCUT2D eigenvalue weighted by molar-refractivity contribution is -0.143. The summed E-state index contributed by atoms with van der Waals surface area (Å²) in [6, 6.07) is 6.59. The highest BCUT2D eigenvalue weighted by molar-refractivity contribution is 7.91. The van der Waals surface area contributed by atoms with Crippen LogP contribution in [-0.4, -0.2) is 33.9 Å². The SMILES string of the molecule is CCOC(=O)CCCCCS(=O)(=O)c1ccccc1OC. The highest BCUT2D eigenvalue weighted by Gasteiger charge is 2.18. The number of rotatable bonds is 9. The zero-order valence-corrected chi connectivity index (χ0v) is 13.3. The summed E-state index contributed by atoms with van der Waals surface area (Å²) in [4.78, 5) is 11.4. The molecule has 0 aliphatic rings. The minimum Gasteiger partial charge on any atom is -0.495 e. The molecule has 1 aromatic carbocycles. The zero-order valence-electron chi connectivity index (χ0n) is 12.5. The summed E-state index contributed by atoms with van der Waals surface area (Å²) in [6.07, 6.45) is 2.16. The van der Waals surface area contributed by atoms with Crippen LogP contribution in [0, 0.1) is 0 Å². The van der Waals surface area contributed by atoms with Crippen molar-refractivity contribution < 1.29 is 22.7 Å². The van der Waals surface area contributed by atoms with Crippen molar-refractivity contribution in [3.8, 4) is 5.75 Å². The van der Waals surface area contributed by atoms with Crippen molar-refractivity contribution in [1.82, 2.24) is 0 Å². The normalized spacial score (nSPS) is 11.1. The minimum absolute atomic E-state index is 0.0518. The summed E-state index contributed by atoms with van der Waals surface area (Å²) in [5.74, 6) is 0.185. The standard InChI is InChI=1S/C15H22O5S/c1-3-20-15(16)11-5-4-8-12-21(17,18)14-10-7-6-9-13(14)19-2/h6-7,9-10H,3-5,8,11-12H2,1-2H3. The number of sulfone groups is 1. The third kappa shape index (κ3) is 5.75. The van der Waals surface area contributed by atoms with Crippen molar-refractivity contribution >= 4 is 15.8 Å². The largest absolute Gasteiger partial charge is 0.495 e. The first-order valence-corrected chi connectivity index (χ1v) is 8.68. The van der Waals surface area contributed by atoms with E-state index in [1.807, 2.05) is 0 Å². The van der Waals surface area contributed by atoms with E-state index < -0.39 is 9.84 Å². The third-order valence-corrected chi connectivity index (χ3v) is 4.84. The molecule has 0 aromatic heterocycles. The van der Waals surface area contributed by atoms with Gasteiger partial charge in [0.2, 0.25) is 0 Å². The van der Waals surface area contributed by atoms with Crippen LogP contribution in [-0.2, 0) is 19.4 Å². The first-order chi connectivity index (χ1) is 10.0. The van der Waals surface area contributed by atoms with E-state index in [0.717, 1.165) is 0 Å². The van der Waals surface area contributed by atoms with E-state index in [4.69, 9.17) is 9.47 Å². The zero-order chi connectivity index (χ0) is 15.7. The fourth-order valence-electron chi connectivity index (χ4n) is 1.96. The molecule has 0 atom stereocenters. The molecular weight excluding hydrogens is 292 g/mol. The maximum absolute atomic E-state index is 12.2. The lowest BCUT2D eigenvalue weighted by atomic mass is 10.2. The van der Waals surface area contributed by atoms with Gasteiger partial charge in [0, 0.05) is 6.42 Å². The van der Waals surface area contributed by atoms with Crippen molar-refractivity contribution in [3.05, 3.63) is 24.3 Å². The second-order valence-corrected chi connectivity index (χ2v) is 6.66. The number of hydrogen-bond donors (Lipinski definition) is 0. The molecule has 21 heavy (non-hydrogen) atoms. The van der Waals surface area contributed by atoms with Crippen molar-refractivity contribution in [2.75, 3.05) is 19.5 Å². The van der Waals surface area contributed by atoms with Gasteiger partial charge in [-0.05, 0) is 31.9 Å². The number of para-hydroxylation sites is 1. The number of carbonyl (C=O) groups is 1. The molecule has 0 bridgehead atoms. The van der Waals surface area contributed by atoms with Gasteiger partial charge in [-0.1, -0.05) is 18.6 Å². The van der Waals surface area contributed by atoms with Crippen LogP contribution in [0.4, 0.5) is 0 Å². The molecule has 0 N–H and O–H groups in total. The molecule has 0 saturated carbocycles. The predicted molar refractivity (Wildman–Crippen MR) is 80.1 cm³/mol. The Hall–Kier alpha value is -1.56. The van der Waals surface area contributed by atoms with Gasteiger partial charge in [-0.2, -0.15) is 0 Å². The molecule has 118 valence electrons. The molecule has 5 nitrogen and oxygen atoms in total. The molecular formula is C15H22O5S. The second kappa shape index (κ2) is 8.67. The maximum atomic E-state index is 12.2. The fraction of sp³-hybridized carbons (Fsp3) is 0.533. The Morgan fingerprint density at radius 1 is 1.14 bits per heavy atom. The molecule has 0 radical (unpaired) electrons. The van der Waals surface area contributed by atoms with E-state index in [9.17, 15) is 13.2 Å². The highest BCUT2D eigenvalue weighted by Crippen LogP contribution is 2.24. The summed E-state index contributed by atoms with van der Waals surface area (Å²) in [5, 5.41) is 0. The molecule has 0 aliphatic heterocycles. The number of carbonyl (C=O) groups excluding carboxylic acids is 1. The summed E-state index contributed by atoms with van der Waals surface area (Å²) in [6.45, 7) is 2.14. The Bertz CT molecular complexity index is 551. The third-order valence-electron chi connectivity index (χ3n) is 3.00. The van der Waals surface area contributed by atoms with Gasteiger partial charge in [-0.25, -0.2) is 8.42 Å². The molecule has 0 fully saturated rings. The van der Waals surface area contributed by atoms with Gasteiger partial charge in [0.25, 0.3) is 0 Å². The number of methoxy groups -OCH3 is 1. The summed E-state index contributed by atoms with van der Waals surface area (Å²) < 4.78 is 34.4. The first-order valence-electron chi connectivity index (χ1n) is 7.02. The van der Waals surface area contributed by atoms with Crippen LogP contribution >= 0.6 is 0 Å². The van der Waals surface area contributed by atoms with E-state index in [1.54, 1.807) is 31.2 Å². The van der Waals surface area contributed by atoms with Gasteiger partial charge in [-0.15, -0.1) is 0 Å². The first kappa shape index (κ1) is 17.5. The van der Waals surface area contributed by atoms with E-state index in [-0.39, 0.29) is 16.6 Å². The Balaban J connectivity index is 2.45. The molecule has 0 unspecified atom stereocenters. The second-order valence-electron chi connectivity index (χ2n) is 4.59. The Kier molecular flexibility index (Phi) is 7.22. The summed E-state index contributed by atoms with van der Waals surface area (Å²) in [7, 11) is -1.90. The molecule has 1 aromatic rings. The van der Waals surface area contributed by atoms with Crippen LogP contribution in [0.3, 0.4) is 0 Å². The molecule has 0 spiro atoms. The van der Waals surface area contributed by atoms with Gasteiger partial charge >= 0.3 is 5.97 Å². The molecule has 1 rings (SSSR count). The Morgan fingerprint density at radius 2 is 1.86 bits per heavy atom. The summed E-state index contributed by atoms with van der Waals surface area (Å²) >= 11 is 0. The van der Waals surface area contributed by atoms with Crippen LogP contribution in [0.1, 0.15) is 32.6 Å². The van der Waals surface area contributed by atoms with Crippen LogP contribution < -0.4 is 4.74 Å². The van der Waals surface area contributed by atoms with E-state index in [1.165, 1.54) is 7.11 Å². The quantitative estimate of drug-likeness (QED) is 0.517. The summed E-state index contributed by atoms with van der Waals surface area (Å²) in [5.41, 5.74) is 0. The Labute approximate surface area is 126 Å². The van der Waals surface area contributed by atoms with E-state index in [2.05, 4.69) is 0 Å². The molecule has 0 aliphatic carbocycles. The number of hydrogen-bond acceptors (Lipinski definition) is 5. The average molecular weight is 314 g/mol. The smallest absolute Gasteiger partial charge is 0.305 e. The lowest BCUT2D eigenvalue weighted by Gasteiger charge is -2.09. The number of unbranched alkanes of at least 4 members (excludes halogenated alkanes) is 2. The maximum Gasteiger partial charge on any atom is 0.305 e. The van der Waals surface area contributed by atoms with E-state index >= 15 is 0 Å². The van der Waals surface area contributed by atoms with Crippen molar-refractivity contribution in [3.63, 3.8) is 0 Å². The van der Waals surface area contributed by atoms with E-state index in [0.29, 0.717) is 38.0 Å². The molecule has 0 amide bonds. The van der Waals surface area contributed by atoms with Crippen molar-refractivity contribution in [2.24, 2.45) is 0 Å². The van der Waals surface area contributed by atoms with Crippen molar-refractivity contribution in [2.45, 2.75) is 37.5 Å². The molecule has 0 saturated heterocycles. The monoisotopic (exact) mass is 314 g/mol. The predicted octanol–water partition coefficient (Wildman–Crippen LogP) is 2.59. The minimum atomic E-state index is -3.36. The fourth-order valence-corrected chi connectivity index (χ4v) is 3.50. The Morgan fingerprint density at radius 3 is 2.52 bits per heavy atom. The van der Waals surface area contributed by atoms with Gasteiger partial charge in [0.05, 0.1) is 19.5 Å². The van der Waals surface area contributed by atoms with Crippen LogP contribution in [0.5, 0.6) is 5.75 Å². The number of ether oxygens (including phenoxy) is 2. The van der Waals surface area contributed by atoms with Crippen LogP contribution in [0.25, 0.3) is 0 Å². The lowest BCUT2D eigenvalue weighted by Crippen LogP contribution is -2.09. The van der Waals surface area contributed by atoms with Crippen LogP contribution in [0.15, 0.2) is 29.2 Å². The number of esters is 1. The van der Waals surface area contributed by atoms with Crippen LogP contribution in [0.2, 0.25) is 0 Å².